The number of nitrogens with zero attached hydrogens (tertiary/aromatic N) is 2. The van der Waals surface area contributed by atoms with E-state index in [9.17, 15) is 4.79 Å². The summed E-state index contributed by atoms with van der Waals surface area (Å²) >= 11 is 1.42. The fourth-order valence-corrected chi connectivity index (χ4v) is 3.32. The molecule has 4 rings (SSSR count). The van der Waals surface area contributed by atoms with E-state index in [1.54, 1.807) is 18.7 Å². The number of rotatable bonds is 5. The molecule has 0 bridgehead atoms. The third-order valence-electron chi connectivity index (χ3n) is 3.93. The van der Waals surface area contributed by atoms with Gasteiger partial charge in [-0.15, -0.1) is 11.3 Å². The van der Waals surface area contributed by atoms with Crippen molar-refractivity contribution in [2.24, 2.45) is 0 Å². The highest BCUT2D eigenvalue weighted by atomic mass is 32.1. The van der Waals surface area contributed by atoms with Gasteiger partial charge in [-0.1, -0.05) is 0 Å². The maximum Gasteiger partial charge on any atom is 0.275 e. The number of carbonyl (C=O) groups is 1. The fraction of sp³-hybridized carbons (Fsp3) is 0.0500. The van der Waals surface area contributed by atoms with E-state index in [4.69, 9.17) is 9.15 Å². The first-order valence-electron chi connectivity index (χ1n) is 8.13. The molecule has 7 heteroatoms. The Morgan fingerprint density at radius 1 is 1.07 bits per heavy atom. The Morgan fingerprint density at radius 2 is 1.81 bits per heavy atom. The molecule has 0 radical (unpaired) electrons. The lowest BCUT2D eigenvalue weighted by Gasteiger charge is -2.04. The van der Waals surface area contributed by atoms with Crippen LogP contribution in [0.5, 0.6) is 5.75 Å². The van der Waals surface area contributed by atoms with Crippen LogP contribution in [0.25, 0.3) is 21.9 Å². The molecule has 0 saturated carbocycles. The van der Waals surface area contributed by atoms with Crippen molar-refractivity contribution in [3.05, 3.63) is 72.2 Å². The molecule has 4 aromatic rings. The van der Waals surface area contributed by atoms with Crippen molar-refractivity contribution in [3.63, 3.8) is 0 Å². The van der Waals surface area contributed by atoms with E-state index in [-0.39, 0.29) is 5.91 Å². The zero-order chi connectivity index (χ0) is 18.6. The summed E-state index contributed by atoms with van der Waals surface area (Å²) in [5.41, 5.74) is 2.89. The number of nitrogens with one attached hydrogen (secondary N) is 1. The maximum atomic E-state index is 12.5. The van der Waals surface area contributed by atoms with Gasteiger partial charge in [-0.25, -0.2) is 9.97 Å². The predicted molar refractivity (Wildman–Crippen MR) is 104 cm³/mol. The summed E-state index contributed by atoms with van der Waals surface area (Å²) in [4.78, 5) is 20.8. The zero-order valence-electron chi connectivity index (χ0n) is 14.4. The van der Waals surface area contributed by atoms with Gasteiger partial charge in [-0.3, -0.25) is 4.79 Å². The molecule has 0 unspecified atom stereocenters. The first-order chi connectivity index (χ1) is 13.2. The number of oxazole rings is 1. The van der Waals surface area contributed by atoms with Crippen LogP contribution >= 0.6 is 11.3 Å². The van der Waals surface area contributed by atoms with Gasteiger partial charge >= 0.3 is 0 Å². The monoisotopic (exact) mass is 377 g/mol. The van der Waals surface area contributed by atoms with Crippen LogP contribution in [0.3, 0.4) is 0 Å². The van der Waals surface area contributed by atoms with E-state index in [1.165, 1.54) is 17.7 Å². The molecule has 0 spiro atoms. The predicted octanol–water partition coefficient (Wildman–Crippen LogP) is 4.73. The molecule has 2 aromatic carbocycles. The van der Waals surface area contributed by atoms with E-state index in [0.29, 0.717) is 17.1 Å². The van der Waals surface area contributed by atoms with Gasteiger partial charge in [0.15, 0.2) is 12.2 Å². The van der Waals surface area contributed by atoms with E-state index >= 15 is 0 Å². The summed E-state index contributed by atoms with van der Waals surface area (Å²) in [6.45, 7) is 0. The SMILES string of the molecule is COc1ccc(-c2nc(C(=O)Nc3ccc(-c4cnco4)cc3)cs2)cc1. The van der Waals surface area contributed by atoms with Crippen LogP contribution in [-0.4, -0.2) is 23.0 Å². The summed E-state index contributed by atoms with van der Waals surface area (Å²) in [5, 5.41) is 5.38. The summed E-state index contributed by atoms with van der Waals surface area (Å²) in [5.74, 6) is 1.21. The fourth-order valence-electron chi connectivity index (χ4n) is 2.52. The third-order valence-corrected chi connectivity index (χ3v) is 4.82. The smallest absolute Gasteiger partial charge is 0.275 e. The van der Waals surface area contributed by atoms with Gasteiger partial charge in [0.2, 0.25) is 0 Å². The number of carbonyl (C=O) groups excluding carboxylic acids is 1. The number of hydrogen-bond acceptors (Lipinski definition) is 6. The minimum absolute atomic E-state index is 0.251. The Morgan fingerprint density at radius 3 is 2.48 bits per heavy atom. The maximum absolute atomic E-state index is 12.5. The molecular weight excluding hydrogens is 362 g/mol. The van der Waals surface area contributed by atoms with Crippen molar-refractivity contribution < 1.29 is 13.9 Å². The second-order valence-electron chi connectivity index (χ2n) is 5.66. The van der Waals surface area contributed by atoms with Crippen LogP contribution in [0.4, 0.5) is 5.69 Å². The van der Waals surface area contributed by atoms with Gasteiger partial charge in [0.05, 0.1) is 13.3 Å². The van der Waals surface area contributed by atoms with Gasteiger partial charge in [0.1, 0.15) is 16.5 Å². The highest BCUT2D eigenvalue weighted by Gasteiger charge is 2.12. The largest absolute Gasteiger partial charge is 0.497 e. The second kappa shape index (κ2) is 7.43. The molecule has 27 heavy (non-hydrogen) atoms. The Balaban J connectivity index is 1.46. The average Bonchev–Trinajstić information content (AvgIpc) is 3.41. The summed E-state index contributed by atoms with van der Waals surface area (Å²) in [6, 6.07) is 14.9. The van der Waals surface area contributed by atoms with Gasteiger partial charge in [-0.2, -0.15) is 0 Å². The van der Waals surface area contributed by atoms with Crippen LogP contribution in [0.2, 0.25) is 0 Å². The molecule has 0 atom stereocenters. The molecule has 1 amide bonds. The molecule has 2 heterocycles. The van der Waals surface area contributed by atoms with Crippen LogP contribution in [-0.2, 0) is 0 Å². The Bertz CT molecular complexity index is 1040. The second-order valence-corrected chi connectivity index (χ2v) is 6.52. The van der Waals surface area contributed by atoms with Crippen molar-refractivity contribution in [1.29, 1.82) is 0 Å². The lowest BCUT2D eigenvalue weighted by Crippen LogP contribution is -2.12. The quantitative estimate of drug-likeness (QED) is 0.544. The van der Waals surface area contributed by atoms with Crippen LogP contribution in [0.1, 0.15) is 10.5 Å². The molecule has 2 aromatic heterocycles. The molecule has 0 fully saturated rings. The molecule has 0 aliphatic carbocycles. The number of thiazole rings is 1. The van der Waals surface area contributed by atoms with Crippen molar-refractivity contribution in [2.75, 3.05) is 12.4 Å². The van der Waals surface area contributed by atoms with E-state index < -0.39 is 0 Å². The summed E-state index contributed by atoms with van der Waals surface area (Å²) in [7, 11) is 1.62. The van der Waals surface area contributed by atoms with E-state index in [2.05, 4.69) is 15.3 Å². The topological polar surface area (TPSA) is 77.2 Å². The van der Waals surface area contributed by atoms with Crippen molar-refractivity contribution in [1.82, 2.24) is 9.97 Å². The molecule has 0 saturated heterocycles. The number of amides is 1. The first-order valence-corrected chi connectivity index (χ1v) is 9.01. The summed E-state index contributed by atoms with van der Waals surface area (Å²) < 4.78 is 10.4. The third kappa shape index (κ3) is 3.73. The Labute approximate surface area is 159 Å². The van der Waals surface area contributed by atoms with Crippen molar-refractivity contribution in [2.45, 2.75) is 0 Å². The van der Waals surface area contributed by atoms with Crippen LogP contribution < -0.4 is 10.1 Å². The van der Waals surface area contributed by atoms with Gasteiger partial charge < -0.3 is 14.5 Å². The molecule has 6 nitrogen and oxygen atoms in total. The highest BCUT2D eigenvalue weighted by Crippen LogP contribution is 2.26. The average molecular weight is 377 g/mol. The van der Waals surface area contributed by atoms with E-state index in [1.807, 2.05) is 48.5 Å². The minimum Gasteiger partial charge on any atom is -0.497 e. The lowest BCUT2D eigenvalue weighted by atomic mass is 10.1. The molecule has 0 aliphatic rings. The number of hydrogen-bond donors (Lipinski definition) is 1. The summed E-state index contributed by atoms with van der Waals surface area (Å²) in [6.07, 6.45) is 3.03. The number of benzene rings is 2. The van der Waals surface area contributed by atoms with Crippen LogP contribution in [0.15, 0.2) is 70.9 Å². The zero-order valence-corrected chi connectivity index (χ0v) is 15.2. The Kier molecular flexibility index (Phi) is 4.67. The Hall–Kier alpha value is -3.45. The number of methoxy groups -OCH3 is 1. The van der Waals surface area contributed by atoms with Gasteiger partial charge in [0, 0.05) is 22.2 Å². The molecule has 0 aliphatic heterocycles. The minimum atomic E-state index is -0.251. The normalized spacial score (nSPS) is 10.6. The number of anilines is 1. The highest BCUT2D eigenvalue weighted by molar-refractivity contribution is 7.13. The number of aromatic nitrogens is 2. The van der Waals surface area contributed by atoms with Crippen LogP contribution in [0, 0.1) is 0 Å². The van der Waals surface area contributed by atoms with E-state index in [0.717, 1.165) is 21.9 Å². The van der Waals surface area contributed by atoms with Gasteiger partial charge in [-0.05, 0) is 48.5 Å². The lowest BCUT2D eigenvalue weighted by molar-refractivity contribution is 0.102. The van der Waals surface area contributed by atoms with Crippen molar-refractivity contribution in [3.8, 4) is 27.6 Å². The molecule has 134 valence electrons. The van der Waals surface area contributed by atoms with Crippen molar-refractivity contribution >= 4 is 22.9 Å². The molecule has 1 N–H and O–H groups in total. The van der Waals surface area contributed by atoms with Gasteiger partial charge in [0.25, 0.3) is 5.91 Å². The first kappa shape index (κ1) is 17.0. The number of ether oxygens (including phenoxy) is 1. The molecular formula is C20H15N3O3S. The standard InChI is InChI=1S/C20H15N3O3S/c1-25-16-8-4-14(5-9-16)20-23-17(11-27-20)19(24)22-15-6-2-13(3-7-15)18-10-21-12-26-18/h2-12H,1H3,(H,22,24).